The standard InChI is InChI=1S/C7H15N3/c1-4-7(8)10-5-9-6(2)3/h5-6H,4H2,1-3H3,(H2,8,9,10). The molecule has 0 saturated heterocycles. The molecule has 0 amide bonds. The molecular weight excluding hydrogens is 126 g/mol. The zero-order valence-corrected chi connectivity index (χ0v) is 6.83. The van der Waals surface area contributed by atoms with Gasteiger partial charge in [-0.15, -0.1) is 0 Å². The van der Waals surface area contributed by atoms with Gasteiger partial charge in [0.15, 0.2) is 0 Å². The van der Waals surface area contributed by atoms with Gasteiger partial charge < -0.3 is 5.73 Å². The number of hydrogen-bond acceptors (Lipinski definition) is 1. The van der Waals surface area contributed by atoms with Gasteiger partial charge in [-0.3, -0.25) is 4.99 Å². The number of hydrogen-bond donors (Lipinski definition) is 1. The molecule has 0 aromatic heterocycles. The van der Waals surface area contributed by atoms with Crippen LogP contribution in [0.15, 0.2) is 9.98 Å². The van der Waals surface area contributed by atoms with Crippen LogP contribution >= 0.6 is 0 Å². The number of amidine groups is 1. The molecule has 0 aliphatic carbocycles. The number of nitrogens with two attached hydrogens (primary N) is 1. The monoisotopic (exact) mass is 141 g/mol. The Balaban J connectivity index is 3.70. The molecule has 0 aliphatic rings. The molecule has 0 radical (unpaired) electrons. The van der Waals surface area contributed by atoms with E-state index in [-0.39, 0.29) is 0 Å². The smallest absolute Gasteiger partial charge is 0.112 e. The fraction of sp³-hybridized carbons (Fsp3) is 0.714. The van der Waals surface area contributed by atoms with Gasteiger partial charge >= 0.3 is 0 Å². The predicted octanol–water partition coefficient (Wildman–Crippen LogP) is 1.19. The Bertz CT molecular complexity index is 136. The van der Waals surface area contributed by atoms with Gasteiger partial charge in [0, 0.05) is 12.5 Å². The van der Waals surface area contributed by atoms with Crippen LogP contribution in [0.25, 0.3) is 0 Å². The minimum atomic E-state index is 0.299. The number of nitrogens with zero attached hydrogens (tertiary/aromatic N) is 2. The van der Waals surface area contributed by atoms with Crippen molar-refractivity contribution in [2.24, 2.45) is 15.7 Å². The topological polar surface area (TPSA) is 50.7 Å². The van der Waals surface area contributed by atoms with Crippen LogP contribution in [0.3, 0.4) is 0 Å². The lowest BCUT2D eigenvalue weighted by molar-refractivity contribution is 0.839. The summed E-state index contributed by atoms with van der Waals surface area (Å²) < 4.78 is 0. The maximum absolute atomic E-state index is 5.42. The maximum Gasteiger partial charge on any atom is 0.112 e. The van der Waals surface area contributed by atoms with E-state index in [1.165, 1.54) is 6.34 Å². The Labute approximate surface area is 62.1 Å². The van der Waals surface area contributed by atoms with Crippen molar-refractivity contribution in [3.63, 3.8) is 0 Å². The number of aliphatic imine (C=N–C) groups is 2. The first kappa shape index (κ1) is 9.14. The van der Waals surface area contributed by atoms with Crippen LogP contribution < -0.4 is 5.73 Å². The molecule has 0 atom stereocenters. The first-order chi connectivity index (χ1) is 4.66. The van der Waals surface area contributed by atoms with Crippen molar-refractivity contribution in [1.82, 2.24) is 0 Å². The third-order valence-electron chi connectivity index (χ3n) is 0.951. The van der Waals surface area contributed by atoms with Gasteiger partial charge in [-0.1, -0.05) is 6.92 Å². The lowest BCUT2D eigenvalue weighted by atomic mass is 10.4. The summed E-state index contributed by atoms with van der Waals surface area (Å²) in [7, 11) is 0. The Kier molecular flexibility index (Phi) is 4.54. The average Bonchev–Trinajstić information content (AvgIpc) is 1.87. The van der Waals surface area contributed by atoms with Crippen LogP contribution in [0, 0.1) is 0 Å². The number of rotatable bonds is 3. The summed E-state index contributed by atoms with van der Waals surface area (Å²) in [5.74, 6) is 0.629. The molecule has 3 heteroatoms. The summed E-state index contributed by atoms with van der Waals surface area (Å²) in [4.78, 5) is 7.91. The van der Waals surface area contributed by atoms with E-state index in [1.807, 2.05) is 20.8 Å². The second-order valence-corrected chi connectivity index (χ2v) is 2.33. The second-order valence-electron chi connectivity index (χ2n) is 2.33. The molecule has 0 saturated carbocycles. The van der Waals surface area contributed by atoms with Crippen molar-refractivity contribution >= 4 is 12.2 Å². The van der Waals surface area contributed by atoms with Crippen LogP contribution in [0.5, 0.6) is 0 Å². The summed E-state index contributed by atoms with van der Waals surface area (Å²) in [5, 5.41) is 0. The van der Waals surface area contributed by atoms with Gasteiger partial charge in [0.25, 0.3) is 0 Å². The third-order valence-corrected chi connectivity index (χ3v) is 0.951. The van der Waals surface area contributed by atoms with Crippen molar-refractivity contribution in [3.8, 4) is 0 Å². The summed E-state index contributed by atoms with van der Waals surface area (Å²) in [6.07, 6.45) is 2.30. The highest BCUT2D eigenvalue weighted by Crippen LogP contribution is 1.83. The largest absolute Gasteiger partial charge is 0.387 e. The molecule has 0 unspecified atom stereocenters. The lowest BCUT2D eigenvalue weighted by Crippen LogP contribution is -2.09. The van der Waals surface area contributed by atoms with Gasteiger partial charge in [-0.05, 0) is 13.8 Å². The molecule has 0 bridgehead atoms. The van der Waals surface area contributed by atoms with Crippen molar-refractivity contribution in [2.45, 2.75) is 33.2 Å². The summed E-state index contributed by atoms with van der Waals surface area (Å²) in [5.41, 5.74) is 5.42. The molecule has 0 rings (SSSR count). The average molecular weight is 141 g/mol. The van der Waals surface area contributed by atoms with Crippen LogP contribution in [-0.4, -0.2) is 18.2 Å². The highest BCUT2D eigenvalue weighted by molar-refractivity contribution is 5.87. The SMILES string of the molecule is CC/C(N)=N\C=N/C(C)C. The van der Waals surface area contributed by atoms with Crippen molar-refractivity contribution in [1.29, 1.82) is 0 Å². The molecule has 58 valence electrons. The fourth-order valence-electron chi connectivity index (χ4n) is 0.332. The van der Waals surface area contributed by atoms with Gasteiger partial charge in [0.2, 0.25) is 0 Å². The Morgan fingerprint density at radius 1 is 1.60 bits per heavy atom. The third kappa shape index (κ3) is 5.28. The van der Waals surface area contributed by atoms with E-state index in [9.17, 15) is 0 Å². The molecule has 0 aliphatic heterocycles. The predicted molar refractivity (Wildman–Crippen MR) is 45.5 cm³/mol. The summed E-state index contributed by atoms with van der Waals surface area (Å²) in [6.45, 7) is 5.95. The molecular formula is C7H15N3. The molecule has 0 aromatic rings. The Morgan fingerprint density at radius 2 is 2.20 bits per heavy atom. The minimum absolute atomic E-state index is 0.299. The molecule has 0 fully saturated rings. The van der Waals surface area contributed by atoms with Gasteiger partial charge in [-0.25, -0.2) is 4.99 Å². The van der Waals surface area contributed by atoms with Gasteiger partial charge in [0.05, 0.1) is 0 Å². The normalized spacial score (nSPS) is 13.4. The van der Waals surface area contributed by atoms with E-state index < -0.39 is 0 Å². The van der Waals surface area contributed by atoms with Crippen LogP contribution in [0.2, 0.25) is 0 Å². The van der Waals surface area contributed by atoms with Crippen LogP contribution in [-0.2, 0) is 0 Å². The molecule has 2 N–H and O–H groups in total. The maximum atomic E-state index is 5.42. The van der Waals surface area contributed by atoms with E-state index >= 15 is 0 Å². The van der Waals surface area contributed by atoms with Crippen LogP contribution in [0.4, 0.5) is 0 Å². The van der Waals surface area contributed by atoms with Crippen molar-refractivity contribution in [3.05, 3.63) is 0 Å². The first-order valence-corrected chi connectivity index (χ1v) is 3.50. The van der Waals surface area contributed by atoms with Crippen molar-refractivity contribution in [2.75, 3.05) is 0 Å². The quantitative estimate of drug-likeness (QED) is 0.466. The highest BCUT2D eigenvalue weighted by Gasteiger charge is 1.83. The zero-order chi connectivity index (χ0) is 7.98. The Morgan fingerprint density at radius 3 is 2.60 bits per heavy atom. The lowest BCUT2D eigenvalue weighted by Gasteiger charge is -1.92. The van der Waals surface area contributed by atoms with Crippen LogP contribution in [0.1, 0.15) is 27.2 Å². The second kappa shape index (κ2) is 4.97. The van der Waals surface area contributed by atoms with E-state index in [4.69, 9.17) is 5.73 Å². The minimum Gasteiger partial charge on any atom is -0.387 e. The summed E-state index contributed by atoms with van der Waals surface area (Å²) in [6, 6.07) is 0.299. The molecule has 10 heavy (non-hydrogen) atoms. The molecule has 3 nitrogen and oxygen atoms in total. The summed E-state index contributed by atoms with van der Waals surface area (Å²) >= 11 is 0. The highest BCUT2D eigenvalue weighted by atomic mass is 14.9. The van der Waals surface area contributed by atoms with E-state index in [1.54, 1.807) is 0 Å². The Hall–Kier alpha value is -0.860. The zero-order valence-electron chi connectivity index (χ0n) is 6.83. The van der Waals surface area contributed by atoms with Gasteiger partial charge in [-0.2, -0.15) is 0 Å². The molecule has 0 heterocycles. The first-order valence-electron chi connectivity index (χ1n) is 3.50. The van der Waals surface area contributed by atoms with E-state index in [0.29, 0.717) is 11.9 Å². The molecule has 0 aromatic carbocycles. The van der Waals surface area contributed by atoms with Crippen molar-refractivity contribution < 1.29 is 0 Å². The van der Waals surface area contributed by atoms with E-state index in [2.05, 4.69) is 9.98 Å². The molecule has 0 spiro atoms. The van der Waals surface area contributed by atoms with Gasteiger partial charge in [0.1, 0.15) is 12.2 Å². The van der Waals surface area contributed by atoms with E-state index in [0.717, 1.165) is 6.42 Å². The fourth-order valence-corrected chi connectivity index (χ4v) is 0.332.